The lowest BCUT2D eigenvalue weighted by atomic mass is 10.1. The van der Waals surface area contributed by atoms with Gasteiger partial charge in [-0.1, -0.05) is 17.7 Å². The van der Waals surface area contributed by atoms with Crippen molar-refractivity contribution in [1.29, 1.82) is 0 Å². The molecule has 0 saturated heterocycles. The third-order valence-electron chi connectivity index (χ3n) is 3.31. The quantitative estimate of drug-likeness (QED) is 0.766. The number of halogens is 1. The highest BCUT2D eigenvalue weighted by atomic mass is 35.5. The number of benzene rings is 1. The van der Waals surface area contributed by atoms with Gasteiger partial charge in [-0.05, 0) is 23.8 Å². The van der Waals surface area contributed by atoms with Crippen molar-refractivity contribution in [3.63, 3.8) is 0 Å². The first-order valence-electron chi connectivity index (χ1n) is 6.58. The zero-order chi connectivity index (χ0) is 15.7. The van der Waals surface area contributed by atoms with Gasteiger partial charge in [0, 0.05) is 17.8 Å². The number of primary amides is 1. The lowest BCUT2D eigenvalue weighted by Gasteiger charge is -2.04. The van der Waals surface area contributed by atoms with Gasteiger partial charge < -0.3 is 10.8 Å². The minimum Gasteiger partial charge on any atom is -0.390 e. The molecule has 6 nitrogen and oxygen atoms in total. The van der Waals surface area contributed by atoms with Crippen molar-refractivity contribution in [2.45, 2.75) is 13.2 Å². The summed E-state index contributed by atoms with van der Waals surface area (Å²) >= 11 is 5.95. The van der Waals surface area contributed by atoms with Gasteiger partial charge in [-0.2, -0.15) is 5.10 Å². The van der Waals surface area contributed by atoms with Crippen LogP contribution in [-0.2, 0) is 13.2 Å². The first kappa shape index (κ1) is 14.5. The maximum Gasteiger partial charge on any atom is 0.252 e. The summed E-state index contributed by atoms with van der Waals surface area (Å²) < 4.78 is 1.57. The van der Waals surface area contributed by atoms with E-state index in [1.807, 2.05) is 24.3 Å². The molecule has 0 unspecified atom stereocenters. The first-order valence-corrected chi connectivity index (χ1v) is 6.96. The molecule has 0 saturated carbocycles. The van der Waals surface area contributed by atoms with E-state index in [2.05, 4.69) is 10.1 Å². The molecular formula is C15H13ClN4O2. The maximum atomic E-state index is 11.3. The highest BCUT2D eigenvalue weighted by Gasteiger charge is 2.13. The van der Waals surface area contributed by atoms with Gasteiger partial charge >= 0.3 is 0 Å². The van der Waals surface area contributed by atoms with Gasteiger partial charge in [0.15, 0.2) is 0 Å². The van der Waals surface area contributed by atoms with E-state index < -0.39 is 5.91 Å². The molecule has 0 radical (unpaired) electrons. The molecule has 0 atom stereocenters. The van der Waals surface area contributed by atoms with Crippen molar-refractivity contribution >= 4 is 28.4 Å². The Morgan fingerprint density at radius 2 is 2.18 bits per heavy atom. The second-order valence-electron chi connectivity index (χ2n) is 4.89. The number of amides is 1. The number of aliphatic hydroxyl groups is 1. The fourth-order valence-electron chi connectivity index (χ4n) is 2.30. The standard InChI is InChI=1S/C15H13ClN4O2/c16-11-4-10-3-9(1-2-13(10)18-5-11)6-20-7-12(15(17)22)14(8-21)19-20/h1-5,7,21H,6,8H2,(H2,17,22). The summed E-state index contributed by atoms with van der Waals surface area (Å²) in [6, 6.07) is 7.61. The van der Waals surface area contributed by atoms with Gasteiger partial charge in [0.05, 0.1) is 29.3 Å². The minimum atomic E-state index is -0.607. The summed E-state index contributed by atoms with van der Waals surface area (Å²) in [5.74, 6) is -0.607. The zero-order valence-electron chi connectivity index (χ0n) is 11.5. The molecule has 3 N–H and O–H groups in total. The SMILES string of the molecule is NC(=O)c1cn(Cc2ccc3ncc(Cl)cc3c2)nc1CO. The summed E-state index contributed by atoms with van der Waals surface area (Å²) in [4.78, 5) is 15.5. The second-order valence-corrected chi connectivity index (χ2v) is 5.33. The predicted molar refractivity (Wildman–Crippen MR) is 82.5 cm³/mol. The molecule has 112 valence electrons. The topological polar surface area (TPSA) is 94.0 Å². The van der Waals surface area contributed by atoms with Crippen LogP contribution in [0.5, 0.6) is 0 Å². The monoisotopic (exact) mass is 316 g/mol. The van der Waals surface area contributed by atoms with Crippen molar-refractivity contribution < 1.29 is 9.90 Å². The molecular weight excluding hydrogens is 304 g/mol. The Balaban J connectivity index is 1.94. The van der Waals surface area contributed by atoms with Crippen molar-refractivity contribution in [3.05, 3.63) is 58.5 Å². The van der Waals surface area contributed by atoms with Crippen LogP contribution in [0, 0.1) is 0 Å². The average molecular weight is 317 g/mol. The molecule has 7 heteroatoms. The number of nitrogens with zero attached hydrogens (tertiary/aromatic N) is 3. The van der Waals surface area contributed by atoms with Crippen LogP contribution >= 0.6 is 11.6 Å². The average Bonchev–Trinajstić information content (AvgIpc) is 2.90. The Labute approximate surface area is 131 Å². The van der Waals surface area contributed by atoms with Crippen molar-refractivity contribution in [3.8, 4) is 0 Å². The van der Waals surface area contributed by atoms with Gasteiger partial charge in [0.1, 0.15) is 5.69 Å². The second kappa shape index (κ2) is 5.75. The van der Waals surface area contributed by atoms with E-state index in [0.717, 1.165) is 16.5 Å². The number of hydrogen-bond acceptors (Lipinski definition) is 4. The molecule has 1 amide bonds. The number of aliphatic hydroxyl groups excluding tert-OH is 1. The van der Waals surface area contributed by atoms with E-state index >= 15 is 0 Å². The van der Waals surface area contributed by atoms with Crippen molar-refractivity contribution in [1.82, 2.24) is 14.8 Å². The number of carbonyl (C=O) groups is 1. The number of carbonyl (C=O) groups excluding carboxylic acids is 1. The van der Waals surface area contributed by atoms with Gasteiger partial charge in [-0.15, -0.1) is 0 Å². The Kier molecular flexibility index (Phi) is 3.79. The molecule has 22 heavy (non-hydrogen) atoms. The van der Waals surface area contributed by atoms with Crippen LogP contribution in [0.15, 0.2) is 36.7 Å². The van der Waals surface area contributed by atoms with E-state index in [1.54, 1.807) is 10.9 Å². The van der Waals surface area contributed by atoms with Crippen LogP contribution in [0.25, 0.3) is 10.9 Å². The number of hydrogen-bond donors (Lipinski definition) is 2. The molecule has 0 aliphatic carbocycles. The van der Waals surface area contributed by atoms with Gasteiger partial charge in [0.2, 0.25) is 0 Å². The summed E-state index contributed by atoms with van der Waals surface area (Å²) in [6.07, 6.45) is 3.14. The van der Waals surface area contributed by atoms with E-state index in [-0.39, 0.29) is 17.9 Å². The van der Waals surface area contributed by atoms with Crippen molar-refractivity contribution in [2.75, 3.05) is 0 Å². The van der Waals surface area contributed by atoms with Gasteiger partial charge in [-0.3, -0.25) is 14.5 Å². The number of pyridine rings is 1. The van der Waals surface area contributed by atoms with Crippen LogP contribution in [0.1, 0.15) is 21.6 Å². The molecule has 0 spiro atoms. The molecule has 1 aromatic carbocycles. The van der Waals surface area contributed by atoms with E-state index in [4.69, 9.17) is 17.3 Å². The lowest BCUT2D eigenvalue weighted by Crippen LogP contribution is -2.12. The molecule has 2 heterocycles. The molecule has 0 aliphatic rings. The summed E-state index contributed by atoms with van der Waals surface area (Å²) in [5.41, 5.74) is 7.59. The maximum absolute atomic E-state index is 11.3. The molecule has 2 aromatic heterocycles. The van der Waals surface area contributed by atoms with Crippen LogP contribution in [0.3, 0.4) is 0 Å². The Morgan fingerprint density at radius 3 is 2.86 bits per heavy atom. The Hall–Kier alpha value is -2.44. The molecule has 3 aromatic rings. The zero-order valence-corrected chi connectivity index (χ0v) is 12.3. The third-order valence-corrected chi connectivity index (χ3v) is 3.52. The lowest BCUT2D eigenvalue weighted by molar-refractivity contribution is 0.0997. The van der Waals surface area contributed by atoms with Gasteiger partial charge in [-0.25, -0.2) is 0 Å². The van der Waals surface area contributed by atoms with Crippen LogP contribution in [-0.4, -0.2) is 25.8 Å². The first-order chi connectivity index (χ1) is 10.6. The molecule has 0 aliphatic heterocycles. The van der Waals surface area contributed by atoms with Crippen LogP contribution < -0.4 is 5.73 Å². The smallest absolute Gasteiger partial charge is 0.252 e. The molecule has 0 fully saturated rings. The largest absolute Gasteiger partial charge is 0.390 e. The summed E-state index contributed by atoms with van der Waals surface area (Å²) in [7, 11) is 0. The van der Waals surface area contributed by atoms with Crippen LogP contribution in [0.4, 0.5) is 0 Å². The van der Waals surface area contributed by atoms with Crippen molar-refractivity contribution in [2.24, 2.45) is 5.73 Å². The molecule has 3 rings (SSSR count). The van der Waals surface area contributed by atoms with E-state index in [1.165, 1.54) is 6.20 Å². The predicted octanol–water partition coefficient (Wildman–Crippen LogP) is 1.72. The Morgan fingerprint density at radius 1 is 1.36 bits per heavy atom. The summed E-state index contributed by atoms with van der Waals surface area (Å²) in [5, 5.41) is 14.9. The van der Waals surface area contributed by atoms with E-state index in [9.17, 15) is 9.90 Å². The summed E-state index contributed by atoms with van der Waals surface area (Å²) in [6.45, 7) is 0.116. The number of nitrogens with two attached hydrogens (primary N) is 1. The number of aromatic nitrogens is 3. The fourth-order valence-corrected chi connectivity index (χ4v) is 2.47. The Bertz CT molecular complexity index is 860. The van der Waals surface area contributed by atoms with E-state index in [0.29, 0.717) is 11.6 Å². The minimum absolute atomic E-state index is 0.230. The highest BCUT2D eigenvalue weighted by molar-refractivity contribution is 6.31. The third kappa shape index (κ3) is 2.79. The number of fused-ring (bicyclic) bond motifs is 1. The fraction of sp³-hybridized carbons (Fsp3) is 0.133. The number of rotatable bonds is 4. The van der Waals surface area contributed by atoms with Crippen LogP contribution in [0.2, 0.25) is 5.02 Å². The normalized spacial score (nSPS) is 11.0. The molecule has 0 bridgehead atoms. The highest BCUT2D eigenvalue weighted by Crippen LogP contribution is 2.19. The van der Waals surface area contributed by atoms with Gasteiger partial charge in [0.25, 0.3) is 5.91 Å².